The molecule has 3 aromatic rings. The molecule has 0 aliphatic carbocycles. The highest BCUT2D eigenvalue weighted by atomic mass is 19.2. The number of hydrogen-bond acceptors (Lipinski definition) is 2. The van der Waals surface area contributed by atoms with Crippen LogP contribution in [-0.4, -0.2) is 19.5 Å². The molecule has 2 nitrogen and oxygen atoms in total. The van der Waals surface area contributed by atoms with E-state index in [1.54, 1.807) is 30.3 Å². The van der Waals surface area contributed by atoms with Crippen molar-refractivity contribution < 1.29 is 22.6 Å². The van der Waals surface area contributed by atoms with E-state index in [4.69, 9.17) is 9.47 Å². The molecule has 0 saturated carbocycles. The molecule has 0 bridgehead atoms. The Labute approximate surface area is 186 Å². The van der Waals surface area contributed by atoms with Gasteiger partial charge in [-0.2, -0.15) is 0 Å². The van der Waals surface area contributed by atoms with E-state index in [0.29, 0.717) is 24.3 Å². The van der Waals surface area contributed by atoms with Crippen LogP contribution in [0.1, 0.15) is 31.2 Å². The van der Waals surface area contributed by atoms with Gasteiger partial charge >= 0.3 is 0 Å². The van der Waals surface area contributed by atoms with Crippen LogP contribution in [-0.2, 0) is 9.47 Å². The average molecular weight is 438 g/mol. The minimum absolute atomic E-state index is 0.0102. The molecule has 3 aromatic carbocycles. The summed E-state index contributed by atoms with van der Waals surface area (Å²) in [5.74, 6) is -2.04. The summed E-state index contributed by atoms with van der Waals surface area (Å²) in [4.78, 5) is 0. The van der Waals surface area contributed by atoms with Gasteiger partial charge in [-0.25, -0.2) is 13.2 Å². The van der Waals surface area contributed by atoms with Crippen molar-refractivity contribution in [3.8, 4) is 22.3 Å². The molecule has 0 aromatic heterocycles. The minimum atomic E-state index is -0.883. The van der Waals surface area contributed by atoms with Crippen LogP contribution in [0.25, 0.3) is 22.3 Å². The Hall–Kier alpha value is -2.89. The predicted molar refractivity (Wildman–Crippen MR) is 120 cm³/mol. The van der Waals surface area contributed by atoms with Crippen LogP contribution in [0.15, 0.2) is 72.8 Å². The molecule has 0 amide bonds. The zero-order valence-electron chi connectivity index (χ0n) is 17.9. The van der Waals surface area contributed by atoms with Crippen molar-refractivity contribution >= 4 is 0 Å². The number of allylic oxidation sites excluding steroid dienone is 1. The van der Waals surface area contributed by atoms with Gasteiger partial charge in [0.05, 0.1) is 13.2 Å². The first-order valence-electron chi connectivity index (χ1n) is 10.8. The highest BCUT2D eigenvalue weighted by molar-refractivity contribution is 5.71. The maximum absolute atomic E-state index is 14.9. The van der Waals surface area contributed by atoms with Crippen molar-refractivity contribution in [2.24, 2.45) is 0 Å². The van der Waals surface area contributed by atoms with Crippen LogP contribution in [0.2, 0.25) is 0 Å². The molecule has 1 heterocycles. The first-order chi connectivity index (χ1) is 15.6. The van der Waals surface area contributed by atoms with E-state index < -0.39 is 11.6 Å². The number of hydrogen-bond donors (Lipinski definition) is 0. The lowest BCUT2D eigenvalue weighted by molar-refractivity contribution is -0.160. The third kappa shape index (κ3) is 4.95. The number of ether oxygens (including phenoxy) is 2. The molecule has 1 saturated heterocycles. The van der Waals surface area contributed by atoms with Gasteiger partial charge in [0.2, 0.25) is 0 Å². The predicted octanol–water partition coefficient (Wildman–Crippen LogP) is 7.25. The summed E-state index contributed by atoms with van der Waals surface area (Å²) < 4.78 is 53.8. The first-order valence-corrected chi connectivity index (χ1v) is 10.8. The van der Waals surface area contributed by atoms with Gasteiger partial charge in [0.25, 0.3) is 0 Å². The van der Waals surface area contributed by atoms with Gasteiger partial charge in [-0.1, -0.05) is 60.7 Å². The molecule has 166 valence electrons. The Bertz CT molecular complexity index is 1080. The fourth-order valence-corrected chi connectivity index (χ4v) is 3.97. The van der Waals surface area contributed by atoms with Crippen molar-refractivity contribution in [3.63, 3.8) is 0 Å². The second-order valence-corrected chi connectivity index (χ2v) is 7.85. The van der Waals surface area contributed by atoms with Crippen LogP contribution < -0.4 is 0 Å². The Kier molecular flexibility index (Phi) is 7.08. The van der Waals surface area contributed by atoms with E-state index in [0.717, 1.165) is 30.0 Å². The lowest BCUT2D eigenvalue weighted by atomic mass is 9.91. The fraction of sp³-hybridized carbons (Fsp3) is 0.259. The molecule has 1 aliphatic rings. The Morgan fingerprint density at radius 1 is 0.906 bits per heavy atom. The Balaban J connectivity index is 1.45. The second kappa shape index (κ2) is 10.2. The quantitative estimate of drug-likeness (QED) is 0.377. The average Bonchev–Trinajstić information content (AvgIpc) is 2.82. The van der Waals surface area contributed by atoms with Gasteiger partial charge in [0, 0.05) is 11.5 Å². The van der Waals surface area contributed by atoms with E-state index in [9.17, 15) is 13.2 Å². The summed E-state index contributed by atoms with van der Waals surface area (Å²) >= 11 is 0. The summed E-state index contributed by atoms with van der Waals surface area (Å²) in [5.41, 5.74) is 2.92. The number of rotatable bonds is 6. The highest BCUT2D eigenvalue weighted by Gasteiger charge is 2.25. The molecular weight excluding hydrogens is 413 g/mol. The standard InChI is InChI=1S/C27H25F3O2/c1-2-3-15-31-26-14-12-21(17-32-26)22-13-11-20(16-25(22)29)18-7-9-19(10-8-18)23-5-4-6-24(28)27(23)30/h2-11,13,16,21,26H,12,14-15,17H2,1H3/b3-2+. The zero-order valence-corrected chi connectivity index (χ0v) is 17.9. The molecule has 4 rings (SSSR count). The van der Waals surface area contributed by atoms with Crippen LogP contribution in [0.4, 0.5) is 13.2 Å². The van der Waals surface area contributed by atoms with E-state index in [-0.39, 0.29) is 23.6 Å². The van der Waals surface area contributed by atoms with Gasteiger partial charge in [-0.15, -0.1) is 0 Å². The maximum atomic E-state index is 14.9. The summed E-state index contributed by atoms with van der Waals surface area (Å²) in [6.07, 6.45) is 5.13. The molecule has 0 radical (unpaired) electrons. The minimum Gasteiger partial charge on any atom is -0.352 e. The molecule has 0 N–H and O–H groups in total. The van der Waals surface area contributed by atoms with E-state index >= 15 is 0 Å². The third-order valence-corrected chi connectivity index (χ3v) is 5.77. The molecule has 0 spiro atoms. The molecule has 2 atom stereocenters. The second-order valence-electron chi connectivity index (χ2n) is 7.85. The van der Waals surface area contributed by atoms with Crippen molar-refractivity contribution in [1.29, 1.82) is 0 Å². The molecule has 5 heteroatoms. The smallest absolute Gasteiger partial charge is 0.166 e. The van der Waals surface area contributed by atoms with Crippen LogP contribution in [0, 0.1) is 17.5 Å². The molecule has 1 aliphatic heterocycles. The molecule has 1 fully saturated rings. The lowest BCUT2D eigenvalue weighted by Crippen LogP contribution is -2.27. The molecular formula is C27H25F3O2. The maximum Gasteiger partial charge on any atom is 0.166 e. The Morgan fingerprint density at radius 3 is 2.34 bits per heavy atom. The highest BCUT2D eigenvalue weighted by Crippen LogP contribution is 2.33. The third-order valence-electron chi connectivity index (χ3n) is 5.77. The molecule has 32 heavy (non-hydrogen) atoms. The van der Waals surface area contributed by atoms with Gasteiger partial charge in [-0.3, -0.25) is 0 Å². The van der Waals surface area contributed by atoms with Crippen LogP contribution >= 0.6 is 0 Å². The summed E-state index contributed by atoms with van der Waals surface area (Å²) in [6, 6.07) is 16.3. The van der Waals surface area contributed by atoms with Crippen molar-refractivity contribution in [2.75, 3.05) is 13.2 Å². The van der Waals surface area contributed by atoms with E-state index in [1.807, 2.05) is 25.1 Å². The van der Waals surface area contributed by atoms with Crippen LogP contribution in [0.5, 0.6) is 0 Å². The van der Waals surface area contributed by atoms with Crippen molar-refractivity contribution in [3.05, 3.63) is 95.8 Å². The topological polar surface area (TPSA) is 18.5 Å². The van der Waals surface area contributed by atoms with Crippen molar-refractivity contribution in [2.45, 2.75) is 32.0 Å². The monoisotopic (exact) mass is 438 g/mol. The molecule has 2 unspecified atom stereocenters. The first kappa shape index (κ1) is 22.3. The largest absolute Gasteiger partial charge is 0.352 e. The summed E-state index contributed by atoms with van der Waals surface area (Å²) in [5, 5.41) is 0. The number of halogens is 3. The summed E-state index contributed by atoms with van der Waals surface area (Å²) in [6.45, 7) is 2.87. The van der Waals surface area contributed by atoms with E-state index in [1.165, 1.54) is 18.2 Å². The van der Waals surface area contributed by atoms with Gasteiger partial charge in [-0.05, 0) is 54.2 Å². The van der Waals surface area contributed by atoms with Crippen molar-refractivity contribution in [1.82, 2.24) is 0 Å². The number of benzene rings is 3. The lowest BCUT2D eigenvalue weighted by Gasteiger charge is -2.29. The van der Waals surface area contributed by atoms with E-state index in [2.05, 4.69) is 0 Å². The zero-order chi connectivity index (χ0) is 22.5. The normalized spacial score (nSPS) is 18.9. The van der Waals surface area contributed by atoms with Gasteiger partial charge in [0.1, 0.15) is 5.82 Å². The summed E-state index contributed by atoms with van der Waals surface area (Å²) in [7, 11) is 0. The fourth-order valence-electron chi connectivity index (χ4n) is 3.97. The Morgan fingerprint density at radius 2 is 1.66 bits per heavy atom. The van der Waals surface area contributed by atoms with Gasteiger partial charge < -0.3 is 9.47 Å². The van der Waals surface area contributed by atoms with Crippen LogP contribution in [0.3, 0.4) is 0 Å². The SMILES string of the molecule is C/C=C/COC1CCC(c2ccc(-c3ccc(-c4cccc(F)c4F)cc3)cc2F)CO1. The van der Waals surface area contributed by atoms with Gasteiger partial charge in [0.15, 0.2) is 17.9 Å².